The Morgan fingerprint density at radius 2 is 1.23 bits per heavy atom. The molecule has 1 N–H and O–H groups in total. The highest BCUT2D eigenvalue weighted by Crippen LogP contribution is 2.34. The van der Waals surface area contributed by atoms with Crippen LogP contribution in [0.5, 0.6) is 23.0 Å². The van der Waals surface area contributed by atoms with Gasteiger partial charge in [0, 0.05) is 89.7 Å². The van der Waals surface area contributed by atoms with Crippen molar-refractivity contribution in [1.29, 1.82) is 0 Å². The van der Waals surface area contributed by atoms with Crippen LogP contribution < -0.4 is 24.3 Å². The van der Waals surface area contributed by atoms with E-state index in [9.17, 15) is 9.59 Å². The molecule has 0 unspecified atom stereocenters. The van der Waals surface area contributed by atoms with Gasteiger partial charge in [0.1, 0.15) is 0 Å². The summed E-state index contributed by atoms with van der Waals surface area (Å²) in [6.45, 7) is 8.98. The number of hydrogen-bond acceptors (Lipinski definition) is 9. The van der Waals surface area contributed by atoms with Crippen molar-refractivity contribution in [3.63, 3.8) is 0 Å². The lowest BCUT2D eigenvalue weighted by Crippen LogP contribution is -2.45. The molecule has 0 spiro atoms. The average molecular weight is 656 g/mol. The number of carbonyl (C=O) groups is 2. The number of ether oxygens (including phenoxy) is 6. The third kappa shape index (κ3) is 9.98. The maximum absolute atomic E-state index is 14.0. The summed E-state index contributed by atoms with van der Waals surface area (Å²) in [6.07, 6.45) is 3.46. The number of nitrogens with zero attached hydrogens (tertiary/aromatic N) is 2. The number of methoxy groups -OCH3 is 4. The molecule has 2 aliphatic rings. The number of rotatable bonds is 20. The first-order valence-electron chi connectivity index (χ1n) is 16.7. The van der Waals surface area contributed by atoms with Crippen LogP contribution in [0.25, 0.3) is 0 Å². The fourth-order valence-electron chi connectivity index (χ4n) is 5.98. The highest BCUT2D eigenvalue weighted by Gasteiger charge is 2.39. The Labute approximate surface area is 279 Å². The predicted octanol–water partition coefficient (Wildman–Crippen LogP) is 4.53. The molecular weight excluding hydrogens is 602 g/mol. The topological polar surface area (TPSA) is 108 Å². The summed E-state index contributed by atoms with van der Waals surface area (Å²) in [5, 5.41) is 3.53. The first-order valence-corrected chi connectivity index (χ1v) is 16.7. The van der Waals surface area contributed by atoms with Crippen LogP contribution in [0.4, 0.5) is 0 Å². The molecule has 0 bridgehead atoms. The molecular formula is C36H53N3O8. The van der Waals surface area contributed by atoms with E-state index in [1.165, 1.54) is 0 Å². The number of nitrogens with one attached hydrogen (secondary N) is 1. The lowest BCUT2D eigenvalue weighted by atomic mass is 9.93. The summed E-state index contributed by atoms with van der Waals surface area (Å²) in [7, 11) is 6.51. The van der Waals surface area contributed by atoms with Crippen molar-refractivity contribution in [2.24, 2.45) is 11.8 Å². The largest absolute Gasteiger partial charge is 0.493 e. The second-order valence-electron chi connectivity index (χ2n) is 12.5. The number of benzene rings is 2. The Morgan fingerprint density at radius 1 is 0.723 bits per heavy atom. The van der Waals surface area contributed by atoms with Gasteiger partial charge in [-0.3, -0.25) is 9.59 Å². The van der Waals surface area contributed by atoms with Gasteiger partial charge in [-0.15, -0.1) is 0 Å². The zero-order valence-electron chi connectivity index (χ0n) is 28.9. The molecule has 47 heavy (non-hydrogen) atoms. The van der Waals surface area contributed by atoms with E-state index >= 15 is 0 Å². The monoisotopic (exact) mass is 655 g/mol. The number of carbonyl (C=O) groups excluding carboxylic acids is 2. The van der Waals surface area contributed by atoms with E-state index in [1.54, 1.807) is 58.8 Å². The first-order chi connectivity index (χ1) is 22.8. The van der Waals surface area contributed by atoms with E-state index in [0.29, 0.717) is 73.6 Å². The Hall–Kier alpha value is -3.54. The molecule has 2 atom stereocenters. The lowest BCUT2D eigenvalue weighted by molar-refractivity contribution is 0.0613. The molecule has 0 radical (unpaired) electrons. The summed E-state index contributed by atoms with van der Waals surface area (Å²) in [5.74, 6) is 2.61. The SMILES string of the molecule is COCCCOc1cc(C(=O)N(C[C@@H]2CNC[C@@H]2CN(C(=O)c2ccc(OC)c(OCCCOC)c2)C2CC2)C(C)C)ccc1OC. The van der Waals surface area contributed by atoms with Crippen molar-refractivity contribution in [2.45, 2.75) is 51.6 Å². The Kier molecular flexibility index (Phi) is 14.0. The predicted molar refractivity (Wildman–Crippen MR) is 180 cm³/mol. The molecule has 1 saturated heterocycles. The molecule has 2 amide bonds. The van der Waals surface area contributed by atoms with Crippen LogP contribution in [0.2, 0.25) is 0 Å². The van der Waals surface area contributed by atoms with Gasteiger partial charge >= 0.3 is 0 Å². The zero-order valence-corrected chi connectivity index (χ0v) is 28.9. The quantitative estimate of drug-likeness (QED) is 0.206. The summed E-state index contributed by atoms with van der Waals surface area (Å²) in [4.78, 5) is 31.9. The zero-order chi connectivity index (χ0) is 33.8. The standard InChI is InChI=1S/C36H53N3O8/c1-25(2)38(35(40)26-9-13-31(44-5)33(19-26)46-17-7-15-42-3)23-28-21-37-22-29(28)24-39(30-11-12-30)36(41)27-10-14-32(45-6)34(20-27)47-18-8-16-43-4/h9-10,13-14,19-20,25,28-30,37H,7-8,11-12,15-18,21-24H2,1-6H3/t28-,29+/m0/s1. The van der Waals surface area contributed by atoms with Gasteiger partial charge in [0.2, 0.25) is 0 Å². The molecule has 2 aromatic rings. The highest BCUT2D eigenvalue weighted by atomic mass is 16.5. The molecule has 4 rings (SSSR count). The van der Waals surface area contributed by atoms with Gasteiger partial charge in [0.15, 0.2) is 23.0 Å². The molecule has 1 aliphatic carbocycles. The van der Waals surface area contributed by atoms with Crippen molar-refractivity contribution in [3.05, 3.63) is 47.5 Å². The van der Waals surface area contributed by atoms with Crippen LogP contribution in [0.3, 0.4) is 0 Å². The second-order valence-corrected chi connectivity index (χ2v) is 12.5. The van der Waals surface area contributed by atoms with E-state index in [0.717, 1.165) is 38.8 Å². The van der Waals surface area contributed by atoms with Crippen LogP contribution in [0, 0.1) is 11.8 Å². The summed E-state index contributed by atoms with van der Waals surface area (Å²) < 4.78 is 33.1. The van der Waals surface area contributed by atoms with Gasteiger partial charge in [0.25, 0.3) is 11.8 Å². The van der Waals surface area contributed by atoms with Crippen molar-refractivity contribution >= 4 is 11.8 Å². The van der Waals surface area contributed by atoms with E-state index in [4.69, 9.17) is 28.4 Å². The minimum atomic E-state index is -0.0542. The number of hydrogen-bond donors (Lipinski definition) is 1. The van der Waals surface area contributed by atoms with Crippen molar-refractivity contribution in [1.82, 2.24) is 15.1 Å². The van der Waals surface area contributed by atoms with Gasteiger partial charge in [0.05, 0.1) is 27.4 Å². The molecule has 1 heterocycles. The highest BCUT2D eigenvalue weighted by molar-refractivity contribution is 5.96. The van der Waals surface area contributed by atoms with Gasteiger partial charge in [-0.05, 0) is 74.9 Å². The summed E-state index contributed by atoms with van der Waals surface area (Å²) in [6, 6.07) is 11.0. The molecule has 11 heteroatoms. The van der Waals surface area contributed by atoms with Crippen LogP contribution in [-0.4, -0.2) is 115 Å². The van der Waals surface area contributed by atoms with Gasteiger partial charge in [-0.25, -0.2) is 0 Å². The van der Waals surface area contributed by atoms with E-state index in [2.05, 4.69) is 5.32 Å². The number of amides is 2. The second kappa shape index (κ2) is 18.1. The van der Waals surface area contributed by atoms with Crippen LogP contribution in [0.1, 0.15) is 60.2 Å². The van der Waals surface area contributed by atoms with Gasteiger partial charge in [-0.2, -0.15) is 0 Å². The molecule has 1 aliphatic heterocycles. The van der Waals surface area contributed by atoms with Gasteiger partial charge < -0.3 is 43.5 Å². The van der Waals surface area contributed by atoms with Crippen molar-refractivity contribution < 1.29 is 38.0 Å². The fraction of sp³-hybridized carbons (Fsp3) is 0.611. The van der Waals surface area contributed by atoms with Gasteiger partial charge in [-0.1, -0.05) is 0 Å². The van der Waals surface area contributed by atoms with Crippen molar-refractivity contribution in [3.8, 4) is 23.0 Å². The van der Waals surface area contributed by atoms with E-state index in [1.807, 2.05) is 29.7 Å². The minimum absolute atomic E-state index is 0.00408. The minimum Gasteiger partial charge on any atom is -0.493 e. The van der Waals surface area contributed by atoms with Crippen LogP contribution in [0.15, 0.2) is 36.4 Å². The van der Waals surface area contributed by atoms with Crippen molar-refractivity contribution in [2.75, 3.05) is 81.0 Å². The third-order valence-electron chi connectivity index (χ3n) is 8.80. The maximum atomic E-state index is 14.0. The molecule has 11 nitrogen and oxygen atoms in total. The molecule has 1 saturated carbocycles. The Morgan fingerprint density at radius 3 is 1.70 bits per heavy atom. The fourth-order valence-corrected chi connectivity index (χ4v) is 5.98. The smallest absolute Gasteiger partial charge is 0.254 e. The Bertz CT molecular complexity index is 1210. The van der Waals surface area contributed by atoms with E-state index < -0.39 is 0 Å². The van der Waals surface area contributed by atoms with Crippen LogP contribution >= 0.6 is 0 Å². The summed E-state index contributed by atoms with van der Waals surface area (Å²) >= 11 is 0. The van der Waals surface area contributed by atoms with Crippen LogP contribution in [-0.2, 0) is 9.47 Å². The average Bonchev–Trinajstić information content (AvgIpc) is 3.83. The third-order valence-corrected chi connectivity index (χ3v) is 8.80. The molecule has 0 aromatic heterocycles. The molecule has 2 fully saturated rings. The first kappa shape index (κ1) is 36.3. The van der Waals surface area contributed by atoms with E-state index in [-0.39, 0.29) is 35.7 Å². The lowest BCUT2D eigenvalue weighted by Gasteiger charge is -2.34. The molecule has 260 valence electrons. The normalized spacial score (nSPS) is 17.4. The maximum Gasteiger partial charge on any atom is 0.254 e. The molecule has 2 aromatic carbocycles. The summed E-state index contributed by atoms with van der Waals surface area (Å²) in [5.41, 5.74) is 1.14. The Balaban J connectivity index is 1.46.